The third-order valence-electron chi connectivity index (χ3n) is 4.75. The van der Waals surface area contributed by atoms with Crippen molar-refractivity contribution >= 4 is 56.3 Å². The van der Waals surface area contributed by atoms with E-state index in [1.165, 1.54) is 11.8 Å². The summed E-state index contributed by atoms with van der Waals surface area (Å²) in [6, 6.07) is 7.17. The number of guanidine groups is 2. The Morgan fingerprint density at radius 1 is 1.24 bits per heavy atom. The quantitative estimate of drug-likeness (QED) is 0.242. The summed E-state index contributed by atoms with van der Waals surface area (Å²) < 4.78 is 0. The van der Waals surface area contributed by atoms with Crippen LogP contribution in [0.2, 0.25) is 0 Å². The molecule has 1 atom stereocenters. The molecule has 2 rings (SSSR count). The second-order valence-corrected chi connectivity index (χ2v) is 8.95. The van der Waals surface area contributed by atoms with Crippen molar-refractivity contribution in [3.63, 3.8) is 0 Å². The van der Waals surface area contributed by atoms with E-state index in [2.05, 4.69) is 15.6 Å². The number of halogens is 1. The average molecular weight is 547 g/mol. The van der Waals surface area contributed by atoms with E-state index < -0.39 is 5.91 Å². The zero-order valence-corrected chi connectivity index (χ0v) is 22.7. The van der Waals surface area contributed by atoms with Crippen molar-refractivity contribution in [2.24, 2.45) is 10.7 Å². The van der Waals surface area contributed by atoms with Crippen molar-refractivity contribution in [3.8, 4) is 0 Å². The molecule has 1 aromatic carbocycles. The lowest BCUT2D eigenvalue weighted by Gasteiger charge is -2.10. The maximum absolute atomic E-state index is 12.5. The molecule has 0 saturated heterocycles. The Labute approximate surface area is 225 Å². The van der Waals surface area contributed by atoms with Crippen molar-refractivity contribution in [2.75, 3.05) is 20.6 Å². The van der Waals surface area contributed by atoms with Crippen molar-refractivity contribution in [1.82, 2.24) is 15.5 Å². The van der Waals surface area contributed by atoms with Crippen LogP contribution in [0.4, 0.5) is 0 Å². The molecule has 0 fully saturated rings. The number of ketones is 1. The number of nitrogens with two attached hydrogens (primary N) is 1. The van der Waals surface area contributed by atoms with Gasteiger partial charge >= 0.3 is 0 Å². The minimum absolute atomic E-state index is 0.0324. The van der Waals surface area contributed by atoms with Crippen LogP contribution >= 0.6 is 21.7 Å². The van der Waals surface area contributed by atoms with Gasteiger partial charge in [-0.25, -0.2) is 0 Å². The molecular formula is C25H31ClN6O4S. The van der Waals surface area contributed by atoms with E-state index in [4.69, 9.17) is 21.8 Å². The van der Waals surface area contributed by atoms with E-state index in [-0.39, 0.29) is 41.2 Å². The first-order valence-corrected chi connectivity index (χ1v) is 12.7. The molecule has 0 heterocycles. The number of carbonyl (C=O) groups is 4. The fourth-order valence-corrected chi connectivity index (χ4v) is 3.37. The minimum atomic E-state index is -0.497. The van der Waals surface area contributed by atoms with Crippen LogP contribution in [-0.2, 0) is 14.4 Å². The van der Waals surface area contributed by atoms with E-state index in [0.717, 1.165) is 12.0 Å². The highest BCUT2D eigenvalue weighted by Crippen LogP contribution is 2.25. The topological polar surface area (TPSA) is 158 Å². The Hall–Kier alpha value is -3.70. The largest absolute Gasteiger partial charge is 0.369 e. The first-order chi connectivity index (χ1) is 17.5. The van der Waals surface area contributed by atoms with Gasteiger partial charge in [-0.1, -0.05) is 55.5 Å². The van der Waals surface area contributed by atoms with Crippen LogP contribution in [0.1, 0.15) is 42.1 Å². The van der Waals surface area contributed by atoms with Crippen LogP contribution < -0.4 is 16.4 Å². The standard InChI is InChI=1S/C17H15ClO2S.C8H16N6O2/c1-12(17(20)21-18)14-9-6-10-15(11-14)16(19)13-7-4-2-3-5-8-13;1-5(15)11-4-6(16)12-7(9)13-8(10)14(2)3/h2-4,6-12H,5H2,1H3;4H2,1-3H3,(H,11,15)(H4,9,10,12,13,16). The van der Waals surface area contributed by atoms with Crippen LogP contribution in [-0.4, -0.2) is 60.2 Å². The van der Waals surface area contributed by atoms with Crippen molar-refractivity contribution < 1.29 is 19.2 Å². The van der Waals surface area contributed by atoms with Gasteiger partial charge in [0.2, 0.25) is 28.8 Å². The highest BCUT2D eigenvalue weighted by Gasteiger charge is 2.17. The van der Waals surface area contributed by atoms with E-state index in [0.29, 0.717) is 22.1 Å². The summed E-state index contributed by atoms with van der Waals surface area (Å²) in [5.41, 5.74) is 7.42. The van der Waals surface area contributed by atoms with Gasteiger partial charge in [0.1, 0.15) is 0 Å². The lowest BCUT2D eigenvalue weighted by atomic mass is 9.96. The zero-order chi connectivity index (χ0) is 28.0. The van der Waals surface area contributed by atoms with E-state index in [1.54, 1.807) is 39.2 Å². The number of nitrogens with zero attached hydrogens (tertiary/aromatic N) is 2. The fourth-order valence-electron chi connectivity index (χ4n) is 2.70. The van der Waals surface area contributed by atoms with Gasteiger partial charge in [0.05, 0.1) is 12.5 Å². The molecule has 0 bridgehead atoms. The van der Waals surface area contributed by atoms with Gasteiger partial charge in [0.25, 0.3) is 0 Å². The maximum atomic E-state index is 12.5. The molecule has 1 aliphatic carbocycles. The minimum Gasteiger partial charge on any atom is -0.369 e. The van der Waals surface area contributed by atoms with Gasteiger partial charge in [0.15, 0.2) is 5.78 Å². The fraction of sp³-hybridized carbons (Fsp3) is 0.280. The number of aliphatic imine (C=N–C) groups is 1. The Kier molecular flexibility index (Phi) is 13.7. The number of benzene rings is 1. The van der Waals surface area contributed by atoms with Gasteiger partial charge in [-0.2, -0.15) is 4.99 Å². The first kappa shape index (κ1) is 31.3. The second kappa shape index (κ2) is 16.1. The number of amides is 2. The van der Waals surface area contributed by atoms with E-state index in [9.17, 15) is 19.2 Å². The normalized spacial score (nSPS) is 13.2. The molecule has 1 aromatic rings. The molecule has 198 valence electrons. The molecule has 0 radical (unpaired) electrons. The predicted octanol–water partition coefficient (Wildman–Crippen LogP) is 2.88. The van der Waals surface area contributed by atoms with Gasteiger partial charge < -0.3 is 16.0 Å². The average Bonchev–Trinajstić information content (AvgIpc) is 3.16. The van der Waals surface area contributed by atoms with Crippen molar-refractivity contribution in [3.05, 3.63) is 71.3 Å². The number of Topliss-reactive ketones (excluding diaryl/α,β-unsaturated/α-hetero) is 1. The molecule has 37 heavy (non-hydrogen) atoms. The molecule has 0 aromatic heterocycles. The number of allylic oxidation sites excluding steroid dienone is 6. The van der Waals surface area contributed by atoms with Gasteiger partial charge in [-0.15, -0.1) is 0 Å². The smallest absolute Gasteiger partial charge is 0.246 e. The lowest BCUT2D eigenvalue weighted by Crippen LogP contribution is -2.43. The van der Waals surface area contributed by atoms with Crippen LogP contribution in [0, 0.1) is 5.41 Å². The lowest BCUT2D eigenvalue weighted by molar-refractivity contribution is -0.124. The molecule has 12 heteroatoms. The van der Waals surface area contributed by atoms with Crippen LogP contribution in [0.5, 0.6) is 0 Å². The van der Waals surface area contributed by atoms with Gasteiger partial charge in [0, 0.05) is 43.1 Å². The zero-order valence-electron chi connectivity index (χ0n) is 21.1. The van der Waals surface area contributed by atoms with Crippen molar-refractivity contribution in [2.45, 2.75) is 26.2 Å². The van der Waals surface area contributed by atoms with Gasteiger partial charge in [-0.05, 0) is 28.7 Å². The Bertz CT molecular complexity index is 1140. The molecule has 1 unspecified atom stereocenters. The summed E-state index contributed by atoms with van der Waals surface area (Å²) in [6.45, 7) is 2.91. The molecule has 0 aliphatic heterocycles. The molecule has 10 nitrogen and oxygen atoms in total. The second-order valence-electron chi connectivity index (χ2n) is 7.93. The molecule has 0 spiro atoms. The third-order valence-corrected chi connectivity index (χ3v) is 5.71. The number of carbonyl (C=O) groups excluding carboxylic acids is 4. The number of hydrogen-bond donors (Lipinski definition) is 4. The van der Waals surface area contributed by atoms with Crippen LogP contribution in [0.25, 0.3) is 0 Å². The predicted molar refractivity (Wildman–Crippen MR) is 148 cm³/mol. The first-order valence-electron chi connectivity index (χ1n) is 11.1. The van der Waals surface area contributed by atoms with Crippen LogP contribution in [0.3, 0.4) is 0 Å². The molecule has 5 N–H and O–H groups in total. The third kappa shape index (κ3) is 11.7. The molecule has 0 saturated carbocycles. The summed E-state index contributed by atoms with van der Waals surface area (Å²) in [5, 5.41) is 11.7. The highest BCUT2D eigenvalue weighted by molar-refractivity contribution is 8.32. The molecule has 2 amide bonds. The summed E-state index contributed by atoms with van der Waals surface area (Å²) in [5.74, 6) is -1.45. The van der Waals surface area contributed by atoms with Crippen LogP contribution in [0.15, 0.2) is 65.2 Å². The molecule has 1 aliphatic rings. The van der Waals surface area contributed by atoms with E-state index >= 15 is 0 Å². The molecular weight excluding hydrogens is 516 g/mol. The number of rotatable bonds is 6. The Morgan fingerprint density at radius 3 is 2.57 bits per heavy atom. The maximum Gasteiger partial charge on any atom is 0.246 e. The highest BCUT2D eigenvalue weighted by atomic mass is 35.7. The number of nitrogens with one attached hydrogen (secondary N) is 3. The Morgan fingerprint density at radius 2 is 1.95 bits per heavy atom. The SMILES string of the molecule is CC(=O)NCC(=O)N/C(N)=N/C(=N)N(C)C.CC(C(=O)SCl)c1cccc(C(=O)C2=CCC=CC=C2)c1. The Balaban J connectivity index is 0.000000387. The summed E-state index contributed by atoms with van der Waals surface area (Å²) in [7, 11) is 9.45. The van der Waals surface area contributed by atoms with Gasteiger partial charge in [-0.3, -0.25) is 29.9 Å². The summed E-state index contributed by atoms with van der Waals surface area (Å²) >= 11 is 0. The number of hydrogen-bond acceptors (Lipinski definition) is 6. The van der Waals surface area contributed by atoms with Crippen molar-refractivity contribution in [1.29, 1.82) is 5.41 Å². The monoisotopic (exact) mass is 546 g/mol. The van der Waals surface area contributed by atoms with E-state index in [1.807, 2.05) is 36.4 Å². The summed E-state index contributed by atoms with van der Waals surface area (Å²) in [4.78, 5) is 50.8. The summed E-state index contributed by atoms with van der Waals surface area (Å²) in [6.07, 6.45) is 10.2.